The number of anilines is 1. The molecule has 3 aromatic rings. The predicted octanol–water partition coefficient (Wildman–Crippen LogP) is 5.20. The molecule has 1 aromatic heterocycles. The predicted molar refractivity (Wildman–Crippen MR) is 106 cm³/mol. The van der Waals surface area contributed by atoms with Crippen molar-refractivity contribution in [1.29, 1.82) is 0 Å². The van der Waals surface area contributed by atoms with Crippen molar-refractivity contribution in [2.75, 3.05) is 12.4 Å². The van der Waals surface area contributed by atoms with E-state index in [1.807, 2.05) is 53.9 Å². The van der Waals surface area contributed by atoms with Crippen LogP contribution in [0.3, 0.4) is 0 Å². The second kappa shape index (κ2) is 8.06. The van der Waals surface area contributed by atoms with E-state index >= 15 is 0 Å². The molecule has 1 amide bonds. The average Bonchev–Trinajstić information content (AvgIpc) is 3.12. The van der Waals surface area contributed by atoms with Gasteiger partial charge >= 0.3 is 0 Å². The summed E-state index contributed by atoms with van der Waals surface area (Å²) in [6.07, 6.45) is 0. The van der Waals surface area contributed by atoms with Crippen molar-refractivity contribution in [1.82, 2.24) is 0 Å². The minimum atomic E-state index is -0.156. The monoisotopic (exact) mass is 367 g/mol. The molecule has 0 saturated carbocycles. The first-order chi connectivity index (χ1) is 12.6. The van der Waals surface area contributed by atoms with Gasteiger partial charge in [0.15, 0.2) is 0 Å². The van der Waals surface area contributed by atoms with Gasteiger partial charge in [-0.3, -0.25) is 4.79 Å². The number of thiophene rings is 1. The van der Waals surface area contributed by atoms with E-state index in [2.05, 4.69) is 19.2 Å². The number of rotatable bonds is 6. The SMILES string of the molecule is COc1ccccc1NC(=O)c1cc(COc2ccc(C)c(C)c2)cs1. The first kappa shape index (κ1) is 18.0. The van der Waals surface area contributed by atoms with Crippen molar-refractivity contribution < 1.29 is 14.3 Å². The molecule has 1 N–H and O–H groups in total. The minimum Gasteiger partial charge on any atom is -0.495 e. The molecule has 0 fully saturated rings. The van der Waals surface area contributed by atoms with Crippen LogP contribution in [0.2, 0.25) is 0 Å². The maximum Gasteiger partial charge on any atom is 0.265 e. The summed E-state index contributed by atoms with van der Waals surface area (Å²) in [6.45, 7) is 4.57. The third-order valence-electron chi connectivity index (χ3n) is 4.12. The van der Waals surface area contributed by atoms with E-state index in [0.29, 0.717) is 22.9 Å². The molecule has 3 rings (SSSR count). The van der Waals surface area contributed by atoms with Crippen molar-refractivity contribution in [2.24, 2.45) is 0 Å². The molecule has 2 aromatic carbocycles. The number of methoxy groups -OCH3 is 1. The van der Waals surface area contributed by atoms with E-state index in [-0.39, 0.29) is 5.91 Å². The fraction of sp³-hybridized carbons (Fsp3) is 0.190. The van der Waals surface area contributed by atoms with Crippen molar-refractivity contribution in [2.45, 2.75) is 20.5 Å². The van der Waals surface area contributed by atoms with Crippen LogP contribution in [-0.2, 0) is 6.61 Å². The lowest BCUT2D eigenvalue weighted by atomic mass is 10.1. The molecule has 0 saturated heterocycles. The summed E-state index contributed by atoms with van der Waals surface area (Å²) in [5.41, 5.74) is 4.06. The molecule has 0 radical (unpaired) electrons. The van der Waals surface area contributed by atoms with Crippen LogP contribution >= 0.6 is 11.3 Å². The van der Waals surface area contributed by atoms with Crippen molar-refractivity contribution in [3.8, 4) is 11.5 Å². The Morgan fingerprint density at radius 2 is 1.88 bits per heavy atom. The van der Waals surface area contributed by atoms with Crippen LogP contribution in [0.25, 0.3) is 0 Å². The third kappa shape index (κ3) is 4.24. The number of carbonyl (C=O) groups excluding carboxylic acids is 1. The summed E-state index contributed by atoms with van der Waals surface area (Å²) in [5, 5.41) is 4.83. The number of para-hydroxylation sites is 2. The van der Waals surface area contributed by atoms with Crippen LogP contribution in [0, 0.1) is 13.8 Å². The molecule has 1 heterocycles. The molecular weight excluding hydrogens is 346 g/mol. The molecule has 0 aliphatic rings. The van der Waals surface area contributed by atoms with Gasteiger partial charge in [0.25, 0.3) is 5.91 Å². The van der Waals surface area contributed by atoms with Gasteiger partial charge in [0.2, 0.25) is 0 Å². The highest BCUT2D eigenvalue weighted by atomic mass is 32.1. The Balaban J connectivity index is 1.63. The van der Waals surface area contributed by atoms with Gasteiger partial charge in [0.1, 0.15) is 18.1 Å². The Labute approximate surface area is 157 Å². The molecule has 26 heavy (non-hydrogen) atoms. The number of ether oxygens (including phenoxy) is 2. The number of nitrogens with one attached hydrogen (secondary N) is 1. The summed E-state index contributed by atoms with van der Waals surface area (Å²) in [4.78, 5) is 13.1. The van der Waals surface area contributed by atoms with Crippen molar-refractivity contribution >= 4 is 22.9 Å². The molecule has 5 heteroatoms. The molecule has 4 nitrogen and oxygen atoms in total. The Morgan fingerprint density at radius 3 is 2.65 bits per heavy atom. The zero-order valence-electron chi connectivity index (χ0n) is 15.0. The number of amides is 1. The molecule has 0 unspecified atom stereocenters. The average molecular weight is 367 g/mol. The van der Waals surface area contributed by atoms with E-state index in [1.54, 1.807) is 7.11 Å². The number of hydrogen-bond donors (Lipinski definition) is 1. The third-order valence-corrected chi connectivity index (χ3v) is 5.09. The van der Waals surface area contributed by atoms with Crippen LogP contribution in [0.1, 0.15) is 26.4 Å². The van der Waals surface area contributed by atoms with Gasteiger partial charge in [-0.25, -0.2) is 0 Å². The van der Waals surface area contributed by atoms with E-state index in [9.17, 15) is 4.79 Å². The molecule has 0 atom stereocenters. The van der Waals surface area contributed by atoms with Crippen LogP contribution in [-0.4, -0.2) is 13.0 Å². The highest BCUT2D eigenvalue weighted by Crippen LogP contribution is 2.25. The topological polar surface area (TPSA) is 47.6 Å². The van der Waals surface area contributed by atoms with Crippen LogP contribution in [0.5, 0.6) is 11.5 Å². The largest absolute Gasteiger partial charge is 0.495 e. The van der Waals surface area contributed by atoms with Gasteiger partial charge < -0.3 is 14.8 Å². The summed E-state index contributed by atoms with van der Waals surface area (Å²) in [5.74, 6) is 1.31. The molecule has 0 aliphatic carbocycles. The first-order valence-corrected chi connectivity index (χ1v) is 9.16. The molecule has 134 valence electrons. The maximum atomic E-state index is 12.5. The lowest BCUT2D eigenvalue weighted by molar-refractivity contribution is 0.103. The van der Waals surface area contributed by atoms with Gasteiger partial charge in [-0.2, -0.15) is 0 Å². The van der Waals surface area contributed by atoms with Gasteiger partial charge in [-0.1, -0.05) is 18.2 Å². The molecular formula is C21H21NO3S. The second-order valence-corrected chi connectivity index (χ2v) is 6.92. The zero-order chi connectivity index (χ0) is 18.5. The van der Waals surface area contributed by atoms with Crippen molar-refractivity contribution in [3.63, 3.8) is 0 Å². The highest BCUT2D eigenvalue weighted by molar-refractivity contribution is 7.12. The van der Waals surface area contributed by atoms with Gasteiger partial charge in [-0.05, 0) is 60.7 Å². The lowest BCUT2D eigenvalue weighted by Crippen LogP contribution is -2.11. The summed E-state index contributed by atoms with van der Waals surface area (Å²) in [6, 6.07) is 15.2. The maximum absolute atomic E-state index is 12.5. The van der Waals surface area contributed by atoms with E-state index in [4.69, 9.17) is 9.47 Å². The Kier molecular flexibility index (Phi) is 5.58. The number of carbonyl (C=O) groups is 1. The molecule has 0 spiro atoms. The van der Waals surface area contributed by atoms with Gasteiger partial charge in [0.05, 0.1) is 17.7 Å². The number of benzene rings is 2. The normalized spacial score (nSPS) is 10.4. The van der Waals surface area contributed by atoms with Gasteiger partial charge in [-0.15, -0.1) is 11.3 Å². The summed E-state index contributed by atoms with van der Waals surface area (Å²) >= 11 is 1.40. The fourth-order valence-corrected chi connectivity index (χ4v) is 3.26. The summed E-state index contributed by atoms with van der Waals surface area (Å²) < 4.78 is 11.1. The van der Waals surface area contributed by atoms with Crippen LogP contribution in [0.4, 0.5) is 5.69 Å². The lowest BCUT2D eigenvalue weighted by Gasteiger charge is -2.08. The Hall–Kier alpha value is -2.79. The molecule has 0 bridgehead atoms. The van der Waals surface area contributed by atoms with Crippen molar-refractivity contribution in [3.05, 3.63) is 75.5 Å². The minimum absolute atomic E-state index is 0.156. The van der Waals surface area contributed by atoms with Gasteiger partial charge in [0, 0.05) is 5.56 Å². The molecule has 0 aliphatic heterocycles. The second-order valence-electron chi connectivity index (χ2n) is 6.01. The van der Waals surface area contributed by atoms with Crippen LogP contribution in [0.15, 0.2) is 53.9 Å². The van der Waals surface area contributed by atoms with E-state index < -0.39 is 0 Å². The Morgan fingerprint density at radius 1 is 1.08 bits per heavy atom. The quantitative estimate of drug-likeness (QED) is 0.651. The van der Waals surface area contributed by atoms with E-state index in [1.165, 1.54) is 22.5 Å². The van der Waals surface area contributed by atoms with Crippen LogP contribution < -0.4 is 14.8 Å². The number of hydrogen-bond acceptors (Lipinski definition) is 4. The summed E-state index contributed by atoms with van der Waals surface area (Å²) in [7, 11) is 1.58. The first-order valence-electron chi connectivity index (χ1n) is 8.28. The Bertz CT molecular complexity index is 917. The van der Waals surface area contributed by atoms with E-state index in [0.717, 1.165) is 11.3 Å². The fourth-order valence-electron chi connectivity index (χ4n) is 2.47. The zero-order valence-corrected chi connectivity index (χ0v) is 15.9. The highest BCUT2D eigenvalue weighted by Gasteiger charge is 2.12. The smallest absolute Gasteiger partial charge is 0.265 e. The standard InChI is InChI=1S/C21H21NO3S/c1-14-8-9-17(10-15(14)2)25-12-16-11-20(26-13-16)21(23)22-18-6-4-5-7-19(18)24-3/h4-11,13H,12H2,1-3H3,(H,22,23). The number of aryl methyl sites for hydroxylation is 2.